The second-order valence-electron chi connectivity index (χ2n) is 8.47. The maximum Gasteiger partial charge on any atom is 0.270 e. The Morgan fingerprint density at radius 3 is 2.65 bits per heavy atom. The van der Waals surface area contributed by atoms with E-state index in [-0.39, 0.29) is 17.6 Å². The summed E-state index contributed by atoms with van der Waals surface area (Å²) in [6.07, 6.45) is 3.62. The first-order valence-electron chi connectivity index (χ1n) is 10.8. The minimum atomic E-state index is -0.487. The van der Waals surface area contributed by atoms with E-state index in [2.05, 4.69) is 10.2 Å². The van der Waals surface area contributed by atoms with Crippen molar-refractivity contribution in [1.29, 1.82) is 5.41 Å². The van der Waals surface area contributed by atoms with Gasteiger partial charge in [0.15, 0.2) is 0 Å². The third-order valence-corrected chi connectivity index (χ3v) is 6.09. The Kier molecular flexibility index (Phi) is 6.34. The van der Waals surface area contributed by atoms with Crippen LogP contribution < -0.4 is 11.1 Å². The third kappa shape index (κ3) is 4.78. The number of likely N-dealkylation sites (tertiary alicyclic amines) is 1. The summed E-state index contributed by atoms with van der Waals surface area (Å²) in [6.45, 7) is 5.45. The van der Waals surface area contributed by atoms with Crippen LogP contribution in [0.5, 0.6) is 0 Å². The van der Waals surface area contributed by atoms with Gasteiger partial charge in [0, 0.05) is 17.8 Å². The van der Waals surface area contributed by atoms with Crippen LogP contribution in [-0.4, -0.2) is 48.9 Å². The van der Waals surface area contributed by atoms with Crippen LogP contribution in [0.1, 0.15) is 36.0 Å². The van der Waals surface area contributed by atoms with Gasteiger partial charge in [0.1, 0.15) is 11.5 Å². The topological polar surface area (TPSA) is 91.4 Å². The van der Waals surface area contributed by atoms with E-state index in [0.29, 0.717) is 36.6 Å². The predicted molar refractivity (Wildman–Crippen MR) is 120 cm³/mol. The number of nitrogens with one attached hydrogen (secondary N) is 2. The predicted octanol–water partition coefficient (Wildman–Crippen LogP) is 3.25. The van der Waals surface area contributed by atoms with Gasteiger partial charge >= 0.3 is 0 Å². The fourth-order valence-corrected chi connectivity index (χ4v) is 4.14. The minimum Gasteiger partial charge on any atom is -0.398 e. The molecule has 2 saturated heterocycles. The molecule has 164 valence electrons. The zero-order valence-electron chi connectivity index (χ0n) is 17.8. The SMILES string of the molecule is Cc1c(F)cc(CN2CCCCC2)cc1-c1ccc(N)c(C(=N)C(=O)NC2COC2)c1. The van der Waals surface area contributed by atoms with Crippen LogP contribution in [0, 0.1) is 18.2 Å². The normalized spacial score (nSPS) is 17.2. The molecule has 4 N–H and O–H groups in total. The first kappa shape index (κ1) is 21.5. The quantitative estimate of drug-likeness (QED) is 0.490. The number of carbonyl (C=O) groups is 1. The number of amides is 1. The molecule has 6 nitrogen and oxygen atoms in total. The van der Waals surface area contributed by atoms with Crippen LogP contribution in [0.2, 0.25) is 0 Å². The summed E-state index contributed by atoms with van der Waals surface area (Å²) in [6, 6.07) is 8.75. The minimum absolute atomic E-state index is 0.0694. The number of hydrogen-bond acceptors (Lipinski definition) is 5. The number of anilines is 1. The Hall–Kier alpha value is -2.77. The molecule has 1 amide bonds. The van der Waals surface area contributed by atoms with Crippen molar-refractivity contribution >= 4 is 17.3 Å². The molecule has 2 fully saturated rings. The van der Waals surface area contributed by atoms with Gasteiger partial charge in [0.05, 0.1) is 19.3 Å². The molecule has 0 atom stereocenters. The van der Waals surface area contributed by atoms with Crippen LogP contribution in [-0.2, 0) is 16.1 Å². The van der Waals surface area contributed by atoms with Gasteiger partial charge in [-0.15, -0.1) is 0 Å². The maximum atomic E-state index is 14.8. The van der Waals surface area contributed by atoms with Crippen molar-refractivity contribution in [2.24, 2.45) is 0 Å². The molecule has 2 aromatic carbocycles. The lowest BCUT2D eigenvalue weighted by Crippen LogP contribution is -2.50. The van der Waals surface area contributed by atoms with Gasteiger partial charge < -0.3 is 15.8 Å². The Balaban J connectivity index is 1.61. The molecule has 0 spiro atoms. The molecule has 2 heterocycles. The maximum absolute atomic E-state index is 14.8. The highest BCUT2D eigenvalue weighted by molar-refractivity contribution is 6.45. The Morgan fingerprint density at radius 1 is 1.23 bits per heavy atom. The van der Waals surface area contributed by atoms with E-state index in [9.17, 15) is 9.18 Å². The van der Waals surface area contributed by atoms with E-state index >= 15 is 0 Å². The lowest BCUT2D eigenvalue weighted by molar-refractivity contribution is -0.118. The summed E-state index contributed by atoms with van der Waals surface area (Å²) in [4.78, 5) is 14.8. The van der Waals surface area contributed by atoms with Crippen LogP contribution >= 0.6 is 0 Å². The number of carbonyl (C=O) groups excluding carboxylic acids is 1. The fourth-order valence-electron chi connectivity index (χ4n) is 4.14. The molecule has 2 aliphatic rings. The third-order valence-electron chi connectivity index (χ3n) is 6.09. The van der Waals surface area contributed by atoms with E-state index < -0.39 is 5.91 Å². The number of benzene rings is 2. The Labute approximate surface area is 182 Å². The molecule has 2 aromatic rings. The van der Waals surface area contributed by atoms with Crippen molar-refractivity contribution in [3.63, 3.8) is 0 Å². The van der Waals surface area contributed by atoms with Crippen molar-refractivity contribution in [1.82, 2.24) is 10.2 Å². The summed E-state index contributed by atoms with van der Waals surface area (Å²) < 4.78 is 19.8. The van der Waals surface area contributed by atoms with E-state index in [1.807, 2.05) is 12.1 Å². The lowest BCUT2D eigenvalue weighted by atomic mass is 9.94. The molecule has 0 bridgehead atoms. The number of halogens is 1. The van der Waals surface area contributed by atoms with Crippen LogP contribution in [0.4, 0.5) is 10.1 Å². The summed E-state index contributed by atoms with van der Waals surface area (Å²) in [5.41, 5.74) is 9.54. The smallest absolute Gasteiger partial charge is 0.270 e. The van der Waals surface area contributed by atoms with Crippen molar-refractivity contribution in [3.8, 4) is 11.1 Å². The molecular weight excluding hydrogens is 395 g/mol. The van der Waals surface area contributed by atoms with Crippen LogP contribution in [0.3, 0.4) is 0 Å². The second kappa shape index (κ2) is 9.16. The average molecular weight is 425 g/mol. The van der Waals surface area contributed by atoms with Crippen molar-refractivity contribution < 1.29 is 13.9 Å². The summed E-state index contributed by atoms with van der Waals surface area (Å²) in [5, 5.41) is 11.1. The van der Waals surface area contributed by atoms with Crippen molar-refractivity contribution in [3.05, 3.63) is 52.8 Å². The van der Waals surface area contributed by atoms with Gasteiger partial charge in [-0.05, 0) is 79.4 Å². The second-order valence-corrected chi connectivity index (χ2v) is 8.47. The molecule has 0 aliphatic carbocycles. The number of nitrogens with zero attached hydrogens (tertiary/aromatic N) is 1. The fraction of sp³-hybridized carbons (Fsp3) is 0.417. The average Bonchev–Trinajstić information content (AvgIpc) is 2.74. The lowest BCUT2D eigenvalue weighted by Gasteiger charge is -2.27. The number of nitrogen functional groups attached to an aromatic ring is 1. The first-order chi connectivity index (χ1) is 14.9. The Bertz CT molecular complexity index is 997. The largest absolute Gasteiger partial charge is 0.398 e. The van der Waals surface area contributed by atoms with Gasteiger partial charge in [-0.2, -0.15) is 0 Å². The molecule has 0 unspecified atom stereocenters. The summed E-state index contributed by atoms with van der Waals surface area (Å²) >= 11 is 0. The molecule has 7 heteroatoms. The molecule has 4 rings (SSSR count). The zero-order chi connectivity index (χ0) is 22.0. The van der Waals surface area contributed by atoms with E-state index in [1.165, 1.54) is 19.3 Å². The monoisotopic (exact) mass is 424 g/mol. The molecule has 0 radical (unpaired) electrons. The zero-order valence-corrected chi connectivity index (χ0v) is 17.8. The van der Waals surface area contributed by atoms with Gasteiger partial charge in [-0.1, -0.05) is 12.5 Å². The van der Waals surface area contributed by atoms with Gasteiger partial charge in [-0.25, -0.2) is 4.39 Å². The number of nitrogens with two attached hydrogens (primary N) is 1. The number of piperidine rings is 1. The van der Waals surface area contributed by atoms with Gasteiger partial charge in [0.2, 0.25) is 0 Å². The van der Waals surface area contributed by atoms with E-state index in [1.54, 1.807) is 25.1 Å². The van der Waals surface area contributed by atoms with Gasteiger partial charge in [0.25, 0.3) is 5.91 Å². The van der Waals surface area contributed by atoms with Crippen LogP contribution in [0.15, 0.2) is 30.3 Å². The molecule has 0 saturated carbocycles. The molecule has 2 aliphatic heterocycles. The van der Waals surface area contributed by atoms with Gasteiger partial charge in [-0.3, -0.25) is 15.1 Å². The number of ether oxygens (including phenoxy) is 1. The summed E-state index contributed by atoms with van der Waals surface area (Å²) in [7, 11) is 0. The highest BCUT2D eigenvalue weighted by Crippen LogP contribution is 2.30. The van der Waals surface area contributed by atoms with Crippen molar-refractivity contribution in [2.75, 3.05) is 32.0 Å². The highest BCUT2D eigenvalue weighted by Gasteiger charge is 2.24. The molecule has 31 heavy (non-hydrogen) atoms. The standard InChI is InChI=1S/C24H29FN4O2/c1-15-19(9-16(10-21(15)25)12-29-7-3-2-4-8-29)17-5-6-22(26)20(11-17)23(27)24(30)28-18-13-31-14-18/h5-6,9-11,18,27H,2-4,7-8,12-14,26H2,1H3,(H,28,30). The molecular formula is C24H29FN4O2. The molecule has 0 aromatic heterocycles. The van der Waals surface area contributed by atoms with Crippen molar-refractivity contribution in [2.45, 2.75) is 38.8 Å². The first-order valence-corrected chi connectivity index (χ1v) is 10.8. The Morgan fingerprint density at radius 2 is 1.97 bits per heavy atom. The number of hydrogen-bond donors (Lipinski definition) is 3. The highest BCUT2D eigenvalue weighted by atomic mass is 19.1. The number of rotatable bonds is 6. The van der Waals surface area contributed by atoms with E-state index in [4.69, 9.17) is 15.9 Å². The van der Waals surface area contributed by atoms with Crippen LogP contribution in [0.25, 0.3) is 11.1 Å². The summed E-state index contributed by atoms with van der Waals surface area (Å²) in [5.74, 6) is -0.736. The van der Waals surface area contributed by atoms with E-state index in [0.717, 1.165) is 29.8 Å².